The SMILES string of the molecule is CC(O)CC(CNC(=O)c1cccc(C#N)c1)c1ccccc1. The Morgan fingerprint density at radius 1 is 1.22 bits per heavy atom. The molecule has 2 atom stereocenters. The van der Waals surface area contributed by atoms with Gasteiger partial charge in [0.2, 0.25) is 0 Å². The molecule has 0 saturated heterocycles. The normalized spacial score (nSPS) is 12.9. The van der Waals surface area contributed by atoms with Crippen LogP contribution in [0.15, 0.2) is 54.6 Å². The van der Waals surface area contributed by atoms with Gasteiger partial charge in [-0.15, -0.1) is 0 Å². The van der Waals surface area contributed by atoms with Crippen molar-refractivity contribution < 1.29 is 9.90 Å². The van der Waals surface area contributed by atoms with Crippen molar-refractivity contribution in [1.82, 2.24) is 5.32 Å². The van der Waals surface area contributed by atoms with Crippen LogP contribution in [0.4, 0.5) is 0 Å². The molecule has 0 heterocycles. The van der Waals surface area contributed by atoms with E-state index in [1.807, 2.05) is 36.4 Å². The highest BCUT2D eigenvalue weighted by atomic mass is 16.3. The number of nitrogens with one attached hydrogen (secondary N) is 1. The Hall–Kier alpha value is -2.64. The molecule has 0 spiro atoms. The number of carbonyl (C=O) groups excluding carboxylic acids is 1. The predicted octanol–water partition coefficient (Wildman–Crippen LogP) is 2.84. The molecule has 0 aliphatic heterocycles. The van der Waals surface area contributed by atoms with Crippen LogP contribution >= 0.6 is 0 Å². The van der Waals surface area contributed by atoms with E-state index in [1.54, 1.807) is 31.2 Å². The summed E-state index contributed by atoms with van der Waals surface area (Å²) in [7, 11) is 0. The molecule has 0 aromatic heterocycles. The largest absolute Gasteiger partial charge is 0.393 e. The number of hydrogen-bond acceptors (Lipinski definition) is 3. The molecule has 0 radical (unpaired) electrons. The van der Waals surface area contributed by atoms with Gasteiger partial charge in [-0.2, -0.15) is 5.26 Å². The minimum Gasteiger partial charge on any atom is -0.393 e. The highest BCUT2D eigenvalue weighted by Crippen LogP contribution is 2.20. The first-order valence-electron chi connectivity index (χ1n) is 7.61. The van der Waals surface area contributed by atoms with Gasteiger partial charge >= 0.3 is 0 Å². The number of amides is 1. The zero-order valence-electron chi connectivity index (χ0n) is 13.1. The number of carbonyl (C=O) groups is 1. The number of rotatable bonds is 6. The van der Waals surface area contributed by atoms with Crippen molar-refractivity contribution in [1.29, 1.82) is 5.26 Å². The van der Waals surface area contributed by atoms with E-state index in [1.165, 1.54) is 0 Å². The maximum absolute atomic E-state index is 12.3. The van der Waals surface area contributed by atoms with E-state index in [0.29, 0.717) is 24.1 Å². The van der Waals surface area contributed by atoms with Gasteiger partial charge in [0.05, 0.1) is 17.7 Å². The smallest absolute Gasteiger partial charge is 0.251 e. The zero-order chi connectivity index (χ0) is 16.7. The molecule has 2 N–H and O–H groups in total. The van der Waals surface area contributed by atoms with Crippen LogP contribution in [0.1, 0.15) is 40.7 Å². The second-order valence-corrected chi connectivity index (χ2v) is 5.59. The second kappa shape index (κ2) is 8.11. The molecule has 0 fully saturated rings. The van der Waals surface area contributed by atoms with Gasteiger partial charge in [0.1, 0.15) is 0 Å². The summed E-state index contributed by atoms with van der Waals surface area (Å²) >= 11 is 0. The van der Waals surface area contributed by atoms with Gasteiger partial charge in [-0.1, -0.05) is 36.4 Å². The second-order valence-electron chi connectivity index (χ2n) is 5.59. The maximum Gasteiger partial charge on any atom is 0.251 e. The van der Waals surface area contributed by atoms with Crippen LogP contribution in [0.2, 0.25) is 0 Å². The number of benzene rings is 2. The molecule has 1 amide bonds. The third-order valence-electron chi connectivity index (χ3n) is 3.66. The third-order valence-corrected chi connectivity index (χ3v) is 3.66. The zero-order valence-corrected chi connectivity index (χ0v) is 13.1. The first-order valence-corrected chi connectivity index (χ1v) is 7.61. The monoisotopic (exact) mass is 308 g/mol. The maximum atomic E-state index is 12.3. The summed E-state index contributed by atoms with van der Waals surface area (Å²) in [5.41, 5.74) is 2.01. The molecular weight excluding hydrogens is 288 g/mol. The van der Waals surface area contributed by atoms with Crippen LogP contribution in [-0.2, 0) is 0 Å². The number of aliphatic hydroxyl groups excluding tert-OH is 1. The van der Waals surface area contributed by atoms with E-state index in [2.05, 4.69) is 5.32 Å². The Morgan fingerprint density at radius 2 is 1.96 bits per heavy atom. The van der Waals surface area contributed by atoms with E-state index in [0.717, 1.165) is 5.56 Å². The lowest BCUT2D eigenvalue weighted by Gasteiger charge is -2.19. The molecule has 0 bridgehead atoms. The first kappa shape index (κ1) is 16.7. The number of hydrogen-bond donors (Lipinski definition) is 2. The molecule has 118 valence electrons. The molecule has 2 rings (SSSR count). The van der Waals surface area contributed by atoms with Gasteiger partial charge in [-0.05, 0) is 37.1 Å². The van der Waals surface area contributed by atoms with Crippen molar-refractivity contribution >= 4 is 5.91 Å². The van der Waals surface area contributed by atoms with Crippen LogP contribution in [0.5, 0.6) is 0 Å². The van der Waals surface area contributed by atoms with Gasteiger partial charge in [-0.3, -0.25) is 4.79 Å². The average molecular weight is 308 g/mol. The Kier molecular flexibility index (Phi) is 5.90. The van der Waals surface area contributed by atoms with E-state index in [4.69, 9.17) is 5.26 Å². The highest BCUT2D eigenvalue weighted by molar-refractivity contribution is 5.94. The van der Waals surface area contributed by atoms with Crippen molar-refractivity contribution in [3.05, 3.63) is 71.3 Å². The van der Waals surface area contributed by atoms with E-state index in [9.17, 15) is 9.90 Å². The van der Waals surface area contributed by atoms with Gasteiger partial charge in [0.15, 0.2) is 0 Å². The Balaban J connectivity index is 2.06. The van der Waals surface area contributed by atoms with Crippen LogP contribution in [0, 0.1) is 11.3 Å². The van der Waals surface area contributed by atoms with Crippen molar-refractivity contribution in [3.63, 3.8) is 0 Å². The third kappa shape index (κ3) is 4.94. The molecule has 23 heavy (non-hydrogen) atoms. The van der Waals surface area contributed by atoms with Gasteiger partial charge in [0.25, 0.3) is 5.91 Å². The van der Waals surface area contributed by atoms with Crippen LogP contribution in [-0.4, -0.2) is 23.7 Å². The van der Waals surface area contributed by atoms with Crippen molar-refractivity contribution in [3.8, 4) is 6.07 Å². The fourth-order valence-electron chi connectivity index (χ4n) is 2.52. The minimum absolute atomic E-state index is 0.0410. The average Bonchev–Trinajstić information content (AvgIpc) is 2.58. The first-order chi connectivity index (χ1) is 11.1. The quantitative estimate of drug-likeness (QED) is 0.862. The summed E-state index contributed by atoms with van der Waals surface area (Å²) < 4.78 is 0. The number of nitriles is 1. The Labute approximate surface area is 136 Å². The number of nitrogens with zero attached hydrogens (tertiary/aromatic N) is 1. The summed E-state index contributed by atoms with van der Waals surface area (Å²) in [6.07, 6.45) is 0.127. The molecule has 2 aromatic rings. The van der Waals surface area contributed by atoms with E-state index in [-0.39, 0.29) is 11.8 Å². The lowest BCUT2D eigenvalue weighted by Crippen LogP contribution is -2.29. The van der Waals surface area contributed by atoms with Gasteiger partial charge in [-0.25, -0.2) is 0 Å². The van der Waals surface area contributed by atoms with Gasteiger partial charge < -0.3 is 10.4 Å². The molecule has 2 aromatic carbocycles. The summed E-state index contributed by atoms with van der Waals surface area (Å²) in [4.78, 5) is 12.3. The Morgan fingerprint density at radius 3 is 2.61 bits per heavy atom. The summed E-state index contributed by atoms with van der Waals surface area (Å²) in [6.45, 7) is 2.18. The van der Waals surface area contributed by atoms with E-state index >= 15 is 0 Å². The molecule has 0 aliphatic rings. The molecule has 0 aliphatic carbocycles. The molecular formula is C19H20N2O2. The fraction of sp³-hybridized carbons (Fsp3) is 0.263. The van der Waals surface area contributed by atoms with E-state index < -0.39 is 6.10 Å². The lowest BCUT2D eigenvalue weighted by atomic mass is 9.93. The standard InChI is InChI=1S/C19H20N2O2/c1-14(22)10-18(16-7-3-2-4-8-16)13-21-19(23)17-9-5-6-15(11-17)12-20/h2-9,11,14,18,22H,10,13H2,1H3,(H,21,23). The highest BCUT2D eigenvalue weighted by Gasteiger charge is 2.16. The molecule has 4 heteroatoms. The van der Waals surface area contributed by atoms with Crippen LogP contribution in [0.25, 0.3) is 0 Å². The topological polar surface area (TPSA) is 73.1 Å². The Bertz CT molecular complexity index is 690. The number of aliphatic hydroxyl groups is 1. The lowest BCUT2D eigenvalue weighted by molar-refractivity contribution is 0.0945. The van der Waals surface area contributed by atoms with Crippen molar-refractivity contribution in [2.24, 2.45) is 0 Å². The predicted molar refractivity (Wildman–Crippen MR) is 89.0 cm³/mol. The van der Waals surface area contributed by atoms with Crippen LogP contribution < -0.4 is 5.32 Å². The van der Waals surface area contributed by atoms with Crippen molar-refractivity contribution in [2.45, 2.75) is 25.4 Å². The van der Waals surface area contributed by atoms with Gasteiger partial charge in [0, 0.05) is 18.0 Å². The molecule has 2 unspecified atom stereocenters. The minimum atomic E-state index is -0.445. The summed E-state index contributed by atoms with van der Waals surface area (Å²) in [5, 5.41) is 21.5. The summed E-state index contributed by atoms with van der Waals surface area (Å²) in [6, 6.07) is 18.5. The fourth-order valence-corrected chi connectivity index (χ4v) is 2.52. The molecule has 0 saturated carbocycles. The van der Waals surface area contributed by atoms with Crippen molar-refractivity contribution in [2.75, 3.05) is 6.54 Å². The summed E-state index contributed by atoms with van der Waals surface area (Å²) in [5.74, 6) is -0.173. The molecule has 4 nitrogen and oxygen atoms in total. The van der Waals surface area contributed by atoms with Crippen LogP contribution in [0.3, 0.4) is 0 Å².